The monoisotopic (exact) mass is 400 g/mol. The molecule has 2 aliphatic rings. The van der Waals surface area contributed by atoms with Gasteiger partial charge in [0.1, 0.15) is 21.8 Å². The first-order valence-corrected chi connectivity index (χ1v) is 10.9. The van der Waals surface area contributed by atoms with Crippen molar-refractivity contribution in [2.75, 3.05) is 13.2 Å². The van der Waals surface area contributed by atoms with Gasteiger partial charge in [-0.2, -0.15) is 0 Å². The third-order valence-electron chi connectivity index (χ3n) is 4.29. The van der Waals surface area contributed by atoms with E-state index >= 15 is 0 Å². The molecule has 0 aromatic carbocycles. The van der Waals surface area contributed by atoms with Crippen LogP contribution in [0.3, 0.4) is 0 Å². The maximum atomic E-state index is 12.4. The Labute approximate surface area is 164 Å². The van der Waals surface area contributed by atoms with Gasteiger partial charge in [-0.1, -0.05) is 0 Å². The molecule has 4 radical (unpaired) electrons. The van der Waals surface area contributed by atoms with Crippen LogP contribution in [0.4, 0.5) is 0 Å². The molecule has 2 saturated heterocycles. The maximum Gasteiger partial charge on any atom is 0.204 e. The van der Waals surface area contributed by atoms with Gasteiger partial charge < -0.3 is 28.4 Å². The Kier molecular flexibility index (Phi) is 8.84. The molecule has 0 aromatic rings. The molecule has 7 atom stereocenters. The highest BCUT2D eigenvalue weighted by Crippen LogP contribution is 2.37. The van der Waals surface area contributed by atoms with E-state index in [1.807, 2.05) is 27.7 Å². The summed E-state index contributed by atoms with van der Waals surface area (Å²) in [5.74, 6) is 0. The zero-order chi connectivity index (χ0) is 20.2. The third-order valence-corrected chi connectivity index (χ3v) is 5.42. The average molecular weight is 400 g/mol. The molecule has 2 fully saturated rings. The van der Waals surface area contributed by atoms with E-state index in [1.165, 1.54) is 0 Å². The number of hydrogen-bond acceptors (Lipinski definition) is 7. The zero-order valence-electron chi connectivity index (χ0n) is 16.4. The molecule has 3 unspecified atom stereocenters. The Morgan fingerprint density at radius 3 is 2.33 bits per heavy atom. The van der Waals surface area contributed by atoms with E-state index in [0.717, 1.165) is 0 Å². The SMILES string of the molecule is [B][C@H]1CC(NP(=O)([O-])OC[C@H]2O[C@@H]([B])CC2OC(C)C)[C@@H](COC(C)C)O1. The summed E-state index contributed by atoms with van der Waals surface area (Å²) in [6.07, 6.45) is -0.523. The van der Waals surface area contributed by atoms with Gasteiger partial charge in [-0.25, -0.2) is 0 Å². The van der Waals surface area contributed by atoms with Crippen LogP contribution in [0, 0.1) is 0 Å². The van der Waals surface area contributed by atoms with Gasteiger partial charge in [0.15, 0.2) is 0 Å². The molecule has 1 N–H and O–H groups in total. The molecule has 2 heterocycles. The molecule has 11 heteroatoms. The van der Waals surface area contributed by atoms with E-state index in [2.05, 4.69) is 5.09 Å². The highest BCUT2D eigenvalue weighted by molar-refractivity contribution is 7.49. The molecule has 0 aromatic heterocycles. The minimum atomic E-state index is -4.35. The van der Waals surface area contributed by atoms with E-state index in [-0.39, 0.29) is 31.5 Å². The van der Waals surface area contributed by atoms with Crippen LogP contribution in [0.15, 0.2) is 0 Å². The van der Waals surface area contributed by atoms with E-state index < -0.39 is 38.0 Å². The summed E-state index contributed by atoms with van der Waals surface area (Å²) in [5, 5.41) is 2.52. The van der Waals surface area contributed by atoms with Gasteiger partial charge in [0.2, 0.25) is 7.75 Å². The van der Waals surface area contributed by atoms with E-state index in [1.54, 1.807) is 0 Å². The van der Waals surface area contributed by atoms with E-state index in [4.69, 9.17) is 39.2 Å². The normalized spacial score (nSPS) is 36.6. The fourth-order valence-corrected chi connectivity index (χ4v) is 4.25. The van der Waals surface area contributed by atoms with Crippen molar-refractivity contribution in [3.05, 3.63) is 0 Å². The molecule has 0 saturated carbocycles. The van der Waals surface area contributed by atoms with Crippen molar-refractivity contribution < 1.29 is 32.9 Å². The van der Waals surface area contributed by atoms with Crippen molar-refractivity contribution in [1.82, 2.24) is 5.09 Å². The predicted octanol–water partition coefficient (Wildman–Crippen LogP) is 0.215. The molecule has 2 aliphatic heterocycles. The summed E-state index contributed by atoms with van der Waals surface area (Å²) < 4.78 is 39.8. The second kappa shape index (κ2) is 10.2. The van der Waals surface area contributed by atoms with Crippen molar-refractivity contribution in [2.24, 2.45) is 0 Å². The summed E-state index contributed by atoms with van der Waals surface area (Å²) in [6.45, 7) is 7.64. The summed E-state index contributed by atoms with van der Waals surface area (Å²) in [7, 11) is 7.23. The molecule has 0 amide bonds. The summed E-state index contributed by atoms with van der Waals surface area (Å²) in [5.41, 5.74) is 0. The smallest absolute Gasteiger partial charge is 0.204 e. The summed E-state index contributed by atoms with van der Waals surface area (Å²) in [6, 6.07) is -1.57. The second-order valence-corrected chi connectivity index (χ2v) is 9.04. The fourth-order valence-electron chi connectivity index (χ4n) is 3.16. The van der Waals surface area contributed by atoms with Crippen LogP contribution in [0.25, 0.3) is 0 Å². The Morgan fingerprint density at radius 2 is 1.70 bits per heavy atom. The van der Waals surface area contributed by atoms with Crippen LogP contribution in [-0.2, 0) is 28.0 Å². The first kappa shape index (κ1) is 23.4. The zero-order valence-corrected chi connectivity index (χ0v) is 17.3. The molecular weight excluding hydrogens is 371 g/mol. The van der Waals surface area contributed by atoms with Crippen molar-refractivity contribution in [3.63, 3.8) is 0 Å². The van der Waals surface area contributed by atoms with Crippen molar-refractivity contribution in [2.45, 2.75) is 89.1 Å². The lowest BCUT2D eigenvalue weighted by molar-refractivity contribution is -0.206. The maximum absolute atomic E-state index is 12.4. The third kappa shape index (κ3) is 7.78. The molecule has 0 aliphatic carbocycles. The number of hydrogen-bond donors (Lipinski definition) is 1. The van der Waals surface area contributed by atoms with Crippen LogP contribution >= 0.6 is 7.75 Å². The minimum absolute atomic E-state index is 0.00277. The summed E-state index contributed by atoms with van der Waals surface area (Å²) >= 11 is 0. The van der Waals surface area contributed by atoms with Gasteiger partial charge in [0, 0.05) is 18.0 Å². The van der Waals surface area contributed by atoms with Crippen molar-refractivity contribution in [1.29, 1.82) is 0 Å². The highest BCUT2D eigenvalue weighted by atomic mass is 31.2. The Balaban J connectivity index is 1.87. The van der Waals surface area contributed by atoms with Crippen LogP contribution in [0.1, 0.15) is 40.5 Å². The standard InChI is InChI=1S/C16H30B2NO7P/c1-9(2)22-7-13-11(5-15(17)25-13)19-27(20,21)23-8-14-12(24-10(3)4)6-16(18)26-14/h9-16H,5-8H2,1-4H3,(H2,19,20,21)/p-1/t11?,12?,13-,14-,15-,16-/m1/s1. The van der Waals surface area contributed by atoms with E-state index in [9.17, 15) is 9.46 Å². The van der Waals surface area contributed by atoms with Crippen LogP contribution < -0.4 is 9.98 Å². The lowest BCUT2D eigenvalue weighted by atomic mass is 9.95. The van der Waals surface area contributed by atoms with Gasteiger partial charge in [-0.15, -0.1) is 0 Å². The minimum Gasteiger partial charge on any atom is -0.766 e. The highest BCUT2D eigenvalue weighted by Gasteiger charge is 2.37. The van der Waals surface area contributed by atoms with Gasteiger partial charge >= 0.3 is 0 Å². The lowest BCUT2D eigenvalue weighted by Gasteiger charge is -2.31. The first-order valence-electron chi connectivity index (χ1n) is 9.38. The molecule has 0 bridgehead atoms. The predicted molar refractivity (Wildman–Crippen MR) is 99.6 cm³/mol. The molecule has 2 rings (SSSR count). The van der Waals surface area contributed by atoms with Gasteiger partial charge in [-0.05, 0) is 40.5 Å². The number of nitrogens with one attached hydrogen (secondary N) is 1. The molecule has 8 nitrogen and oxygen atoms in total. The fraction of sp³-hybridized carbons (Fsp3) is 1.00. The molecule has 0 spiro atoms. The van der Waals surface area contributed by atoms with Crippen LogP contribution in [-0.4, -0.2) is 77.5 Å². The topological polar surface area (TPSA) is 98.3 Å². The second-order valence-electron chi connectivity index (χ2n) is 7.53. The molecule has 27 heavy (non-hydrogen) atoms. The van der Waals surface area contributed by atoms with E-state index in [0.29, 0.717) is 12.8 Å². The largest absolute Gasteiger partial charge is 0.766 e. The average Bonchev–Trinajstić information content (AvgIpc) is 3.04. The van der Waals surface area contributed by atoms with Gasteiger partial charge in [0.05, 0.1) is 37.6 Å². The van der Waals surface area contributed by atoms with Crippen molar-refractivity contribution in [3.8, 4) is 0 Å². The lowest BCUT2D eigenvalue weighted by Crippen LogP contribution is -2.41. The quantitative estimate of drug-likeness (QED) is 0.411. The van der Waals surface area contributed by atoms with Gasteiger partial charge in [-0.3, -0.25) is 9.65 Å². The number of rotatable bonds is 10. The molecule has 152 valence electrons. The first-order chi connectivity index (χ1) is 12.6. The van der Waals surface area contributed by atoms with Crippen LogP contribution in [0.2, 0.25) is 0 Å². The van der Waals surface area contributed by atoms with Crippen LogP contribution in [0.5, 0.6) is 0 Å². The Bertz CT molecular complexity index is 513. The van der Waals surface area contributed by atoms with Gasteiger partial charge in [0.25, 0.3) is 0 Å². The summed E-state index contributed by atoms with van der Waals surface area (Å²) in [4.78, 5) is 12.4. The Morgan fingerprint density at radius 1 is 1.07 bits per heavy atom. The van der Waals surface area contributed by atoms with Crippen molar-refractivity contribution >= 4 is 23.4 Å². The number of ether oxygens (including phenoxy) is 4. The Hall–Kier alpha value is 0.0799. The molecular formula is C16H29B2NO7P-.